The maximum absolute atomic E-state index is 10.8. The van der Waals surface area contributed by atoms with Crippen LogP contribution in [0.1, 0.15) is 22.5 Å². The number of nitrogens with zero attached hydrogens (tertiary/aromatic N) is 1. The summed E-state index contributed by atoms with van der Waals surface area (Å²) in [5, 5.41) is 3.47. The molecule has 0 aliphatic carbocycles. The average molecular weight is 237 g/mol. The number of nitrogens with one attached hydrogen (secondary N) is 1. The van der Waals surface area contributed by atoms with Gasteiger partial charge in [0.15, 0.2) is 0 Å². The minimum absolute atomic E-state index is 0.320. The van der Waals surface area contributed by atoms with Crippen LogP contribution in [0.5, 0.6) is 0 Å². The normalized spacial score (nSPS) is 19.9. The summed E-state index contributed by atoms with van der Waals surface area (Å²) in [5.41, 5.74) is 6.52. The van der Waals surface area contributed by atoms with E-state index in [0.29, 0.717) is 11.7 Å². The molecule has 16 heavy (non-hydrogen) atoms. The minimum Gasteiger partial charge on any atom is -0.364 e. The molecule has 1 aromatic heterocycles. The molecule has 0 radical (unpaired) electrons. The maximum atomic E-state index is 10.8. The van der Waals surface area contributed by atoms with Crippen LogP contribution in [0.15, 0.2) is 18.3 Å². The quantitative estimate of drug-likeness (QED) is 0.812. The van der Waals surface area contributed by atoms with Crippen LogP contribution in [0.3, 0.4) is 0 Å². The van der Waals surface area contributed by atoms with Crippen LogP contribution >= 0.6 is 11.8 Å². The molecule has 3 N–H and O–H groups in total. The van der Waals surface area contributed by atoms with E-state index in [4.69, 9.17) is 5.73 Å². The molecule has 1 aromatic rings. The second kappa shape index (κ2) is 5.32. The zero-order valence-corrected chi connectivity index (χ0v) is 9.80. The molecule has 1 aliphatic rings. The molecule has 2 heterocycles. The van der Waals surface area contributed by atoms with Crippen LogP contribution in [-0.4, -0.2) is 28.4 Å². The van der Waals surface area contributed by atoms with Crippen molar-refractivity contribution in [1.82, 2.24) is 10.3 Å². The molecule has 0 aromatic carbocycles. The summed E-state index contributed by atoms with van der Waals surface area (Å²) in [6.45, 7) is 0.803. The first-order valence-electron chi connectivity index (χ1n) is 5.31. The van der Waals surface area contributed by atoms with Gasteiger partial charge in [-0.05, 0) is 23.8 Å². The van der Waals surface area contributed by atoms with Crippen molar-refractivity contribution in [2.75, 3.05) is 11.5 Å². The number of carbonyl (C=O) groups is 1. The Labute approximate surface area is 99.0 Å². The number of aromatic nitrogens is 1. The molecule has 1 fully saturated rings. The Bertz CT molecular complexity index is 360. The van der Waals surface area contributed by atoms with Crippen molar-refractivity contribution in [2.45, 2.75) is 19.0 Å². The number of hydrogen-bond acceptors (Lipinski definition) is 4. The molecule has 1 unspecified atom stereocenters. The first-order valence-corrected chi connectivity index (χ1v) is 6.47. The van der Waals surface area contributed by atoms with Crippen molar-refractivity contribution in [3.63, 3.8) is 0 Å². The predicted molar refractivity (Wildman–Crippen MR) is 65.3 cm³/mol. The lowest BCUT2D eigenvalue weighted by Crippen LogP contribution is -2.28. The third-order valence-electron chi connectivity index (χ3n) is 2.60. The maximum Gasteiger partial charge on any atom is 0.267 e. The second-order valence-corrected chi connectivity index (χ2v) is 5.01. The first kappa shape index (κ1) is 11.4. The van der Waals surface area contributed by atoms with Crippen LogP contribution in [0, 0.1) is 0 Å². The Morgan fingerprint density at radius 1 is 1.62 bits per heavy atom. The van der Waals surface area contributed by atoms with Gasteiger partial charge in [0.1, 0.15) is 5.69 Å². The molecule has 4 nitrogen and oxygen atoms in total. The molecule has 86 valence electrons. The lowest BCUT2D eigenvalue weighted by molar-refractivity contribution is 0.0995. The fraction of sp³-hybridized carbons (Fsp3) is 0.455. The van der Waals surface area contributed by atoms with Crippen molar-refractivity contribution >= 4 is 17.7 Å². The number of hydrogen-bond donors (Lipinski definition) is 2. The van der Waals surface area contributed by atoms with E-state index in [0.717, 1.165) is 12.1 Å². The average Bonchev–Trinajstić information content (AvgIpc) is 2.80. The highest BCUT2D eigenvalue weighted by Crippen LogP contribution is 2.17. The summed E-state index contributed by atoms with van der Waals surface area (Å²) in [6, 6.07) is 4.17. The Hall–Kier alpha value is -1.07. The monoisotopic (exact) mass is 237 g/mol. The molecule has 2 rings (SSSR count). The molecule has 0 bridgehead atoms. The van der Waals surface area contributed by atoms with Gasteiger partial charge in [-0.3, -0.25) is 9.78 Å². The van der Waals surface area contributed by atoms with Gasteiger partial charge < -0.3 is 11.1 Å². The fourth-order valence-electron chi connectivity index (χ4n) is 1.63. The number of nitrogens with two attached hydrogens (primary N) is 1. The third-order valence-corrected chi connectivity index (χ3v) is 3.76. The van der Waals surface area contributed by atoms with Crippen molar-refractivity contribution in [3.8, 4) is 0 Å². The van der Waals surface area contributed by atoms with Gasteiger partial charge in [-0.15, -0.1) is 0 Å². The zero-order chi connectivity index (χ0) is 11.4. The van der Waals surface area contributed by atoms with Crippen LogP contribution in [0.4, 0.5) is 0 Å². The number of amides is 1. The van der Waals surface area contributed by atoms with Crippen molar-refractivity contribution in [3.05, 3.63) is 29.6 Å². The van der Waals surface area contributed by atoms with E-state index in [-0.39, 0.29) is 0 Å². The van der Waals surface area contributed by atoms with Gasteiger partial charge in [0, 0.05) is 24.5 Å². The fourth-order valence-corrected chi connectivity index (χ4v) is 2.82. The lowest BCUT2D eigenvalue weighted by Gasteiger charge is -2.10. The molecular weight excluding hydrogens is 222 g/mol. The van der Waals surface area contributed by atoms with Crippen LogP contribution < -0.4 is 11.1 Å². The number of thioether (sulfide) groups is 1. The molecule has 1 atom stereocenters. The highest BCUT2D eigenvalue weighted by Gasteiger charge is 2.14. The topological polar surface area (TPSA) is 68.0 Å². The van der Waals surface area contributed by atoms with E-state index in [9.17, 15) is 4.79 Å². The van der Waals surface area contributed by atoms with E-state index < -0.39 is 5.91 Å². The molecule has 0 spiro atoms. The highest BCUT2D eigenvalue weighted by molar-refractivity contribution is 7.99. The van der Waals surface area contributed by atoms with Crippen LogP contribution in [0.25, 0.3) is 0 Å². The highest BCUT2D eigenvalue weighted by atomic mass is 32.2. The van der Waals surface area contributed by atoms with Crippen molar-refractivity contribution in [2.24, 2.45) is 5.73 Å². The number of carbonyl (C=O) groups excluding carboxylic acids is 1. The van der Waals surface area contributed by atoms with Gasteiger partial charge >= 0.3 is 0 Å². The Morgan fingerprint density at radius 2 is 2.50 bits per heavy atom. The van der Waals surface area contributed by atoms with Gasteiger partial charge in [0.2, 0.25) is 0 Å². The van der Waals surface area contributed by atoms with E-state index >= 15 is 0 Å². The smallest absolute Gasteiger partial charge is 0.267 e. The van der Waals surface area contributed by atoms with Gasteiger partial charge in [0.05, 0.1) is 0 Å². The number of rotatable bonds is 4. The summed E-state index contributed by atoms with van der Waals surface area (Å²) >= 11 is 1.98. The number of primary amides is 1. The lowest BCUT2D eigenvalue weighted by atomic mass is 10.2. The van der Waals surface area contributed by atoms with Crippen molar-refractivity contribution < 1.29 is 4.79 Å². The third kappa shape index (κ3) is 2.96. The zero-order valence-electron chi connectivity index (χ0n) is 8.98. The summed E-state index contributed by atoms with van der Waals surface area (Å²) in [6.07, 6.45) is 2.94. The Balaban J connectivity index is 1.87. The van der Waals surface area contributed by atoms with Crippen LogP contribution in [-0.2, 0) is 6.54 Å². The summed E-state index contributed by atoms with van der Waals surface area (Å²) in [5.74, 6) is 1.95. The largest absolute Gasteiger partial charge is 0.364 e. The molecule has 5 heteroatoms. The van der Waals surface area contributed by atoms with Gasteiger partial charge in [-0.25, -0.2) is 0 Å². The minimum atomic E-state index is -0.480. The van der Waals surface area contributed by atoms with E-state index in [1.165, 1.54) is 17.9 Å². The van der Waals surface area contributed by atoms with E-state index in [1.54, 1.807) is 12.3 Å². The van der Waals surface area contributed by atoms with E-state index in [2.05, 4.69) is 10.3 Å². The molecule has 1 amide bonds. The SMILES string of the molecule is NC(=O)c1ccc(CNC2CCSC2)cn1. The second-order valence-electron chi connectivity index (χ2n) is 3.86. The number of pyridine rings is 1. The Kier molecular flexibility index (Phi) is 3.79. The molecule has 0 saturated carbocycles. The predicted octanol–water partition coefficient (Wildman–Crippen LogP) is 0.776. The van der Waals surface area contributed by atoms with Gasteiger partial charge in [-0.2, -0.15) is 11.8 Å². The molecular formula is C11H15N3OS. The summed E-state index contributed by atoms with van der Waals surface area (Å²) < 4.78 is 0. The summed E-state index contributed by atoms with van der Waals surface area (Å²) in [7, 11) is 0. The first-order chi connectivity index (χ1) is 7.75. The molecule has 1 aliphatic heterocycles. The Morgan fingerprint density at radius 3 is 3.06 bits per heavy atom. The molecule has 1 saturated heterocycles. The van der Waals surface area contributed by atoms with Crippen molar-refractivity contribution in [1.29, 1.82) is 0 Å². The van der Waals surface area contributed by atoms with Crippen LogP contribution in [0.2, 0.25) is 0 Å². The van der Waals surface area contributed by atoms with Gasteiger partial charge in [-0.1, -0.05) is 6.07 Å². The van der Waals surface area contributed by atoms with E-state index in [1.807, 2.05) is 17.8 Å². The van der Waals surface area contributed by atoms with Gasteiger partial charge in [0.25, 0.3) is 5.91 Å². The standard InChI is InChI=1S/C11H15N3OS/c12-11(15)10-2-1-8(6-14-10)5-13-9-3-4-16-7-9/h1-2,6,9,13H,3-5,7H2,(H2,12,15). The summed E-state index contributed by atoms with van der Waals surface area (Å²) in [4.78, 5) is 14.8.